The number of aliphatic hydroxyl groups excluding tert-OH is 1. The van der Waals surface area contributed by atoms with Gasteiger partial charge in [0.05, 0.1) is 24.0 Å². The van der Waals surface area contributed by atoms with Gasteiger partial charge >= 0.3 is 12.2 Å². The number of carbonyl (C=O) groups is 1. The van der Waals surface area contributed by atoms with E-state index in [0.29, 0.717) is 6.20 Å². The maximum absolute atomic E-state index is 12.4. The minimum absolute atomic E-state index is 0.00567. The molecule has 1 unspecified atom stereocenters. The number of β-amino-alcohol motifs (C(OH)–C–C–N with tert-alkyl or cyclic N) is 1. The molecule has 2 heterocycles. The molecule has 1 atom stereocenters. The van der Waals surface area contributed by atoms with E-state index in [4.69, 9.17) is 5.11 Å². The molecule has 2 rings (SSSR count). The molecular weight excluding hydrogens is 239 g/mol. The number of urea groups is 1. The molecule has 0 saturated carbocycles. The number of hydrogen-bond donors (Lipinski definition) is 2. The number of nitrogens with one attached hydrogen (secondary N) is 1. The molecule has 0 bridgehead atoms. The summed E-state index contributed by atoms with van der Waals surface area (Å²) >= 11 is 0. The molecule has 1 fully saturated rings. The highest BCUT2D eigenvalue weighted by Crippen LogP contribution is 2.31. The summed E-state index contributed by atoms with van der Waals surface area (Å²) in [6.45, 7) is -0.109. The number of alkyl halides is 3. The zero-order chi connectivity index (χ0) is 12.6. The molecular formula is C9H8F3N3O2. The molecule has 1 aromatic rings. The van der Waals surface area contributed by atoms with Crippen LogP contribution in [0.15, 0.2) is 18.5 Å². The van der Waals surface area contributed by atoms with E-state index >= 15 is 0 Å². The van der Waals surface area contributed by atoms with E-state index in [-0.39, 0.29) is 12.2 Å². The van der Waals surface area contributed by atoms with Crippen LogP contribution in [0.2, 0.25) is 0 Å². The number of halogens is 3. The number of carbonyl (C=O) groups excluding carboxylic acids is 1. The highest BCUT2D eigenvalue weighted by atomic mass is 19.4. The Morgan fingerprint density at radius 2 is 2.18 bits per heavy atom. The van der Waals surface area contributed by atoms with Gasteiger partial charge in [0.2, 0.25) is 0 Å². The first kappa shape index (κ1) is 11.6. The topological polar surface area (TPSA) is 65.5 Å². The minimum atomic E-state index is -4.52. The van der Waals surface area contributed by atoms with Crippen molar-refractivity contribution in [3.63, 3.8) is 0 Å². The van der Waals surface area contributed by atoms with Gasteiger partial charge in [-0.1, -0.05) is 0 Å². The van der Waals surface area contributed by atoms with Gasteiger partial charge in [0.1, 0.15) is 6.23 Å². The summed E-state index contributed by atoms with van der Waals surface area (Å²) < 4.78 is 37.3. The third kappa shape index (κ3) is 2.31. The second-order valence-electron chi connectivity index (χ2n) is 3.51. The van der Waals surface area contributed by atoms with Crippen molar-refractivity contribution in [1.82, 2.24) is 10.3 Å². The Labute approximate surface area is 93.9 Å². The molecule has 2 N–H and O–H groups in total. The van der Waals surface area contributed by atoms with E-state index in [9.17, 15) is 18.0 Å². The maximum atomic E-state index is 12.4. The van der Waals surface area contributed by atoms with Crippen LogP contribution in [0.5, 0.6) is 0 Å². The van der Waals surface area contributed by atoms with Crippen LogP contribution in [0.1, 0.15) is 5.56 Å². The molecule has 17 heavy (non-hydrogen) atoms. The number of aromatic nitrogens is 1. The van der Waals surface area contributed by atoms with Crippen molar-refractivity contribution in [2.45, 2.75) is 12.4 Å². The van der Waals surface area contributed by atoms with E-state index in [1.54, 1.807) is 0 Å². The standard InChI is InChI=1S/C9H8F3N3O2/c10-9(11,12)5-1-6(3-13-2-5)15-4-7(16)14-8(15)17/h1-3,7,16H,4H2,(H,14,17). The predicted octanol–water partition coefficient (Wildman–Crippen LogP) is 0.948. The molecule has 1 saturated heterocycles. The van der Waals surface area contributed by atoms with Crippen LogP contribution >= 0.6 is 0 Å². The molecule has 1 aromatic heterocycles. The summed E-state index contributed by atoms with van der Waals surface area (Å²) in [6.07, 6.45) is -3.80. The Balaban J connectivity index is 2.31. The predicted molar refractivity (Wildman–Crippen MR) is 51.1 cm³/mol. The number of nitrogens with zero attached hydrogens (tertiary/aromatic N) is 2. The van der Waals surface area contributed by atoms with Gasteiger partial charge in [0.15, 0.2) is 0 Å². The Morgan fingerprint density at radius 3 is 2.71 bits per heavy atom. The van der Waals surface area contributed by atoms with Crippen LogP contribution in [-0.4, -0.2) is 28.9 Å². The third-order valence-electron chi connectivity index (χ3n) is 2.25. The lowest BCUT2D eigenvalue weighted by molar-refractivity contribution is -0.137. The van der Waals surface area contributed by atoms with E-state index in [2.05, 4.69) is 10.3 Å². The fourth-order valence-electron chi connectivity index (χ4n) is 1.48. The molecule has 5 nitrogen and oxygen atoms in total. The van der Waals surface area contributed by atoms with Crippen LogP contribution in [0, 0.1) is 0 Å². The highest BCUT2D eigenvalue weighted by molar-refractivity contribution is 5.94. The summed E-state index contributed by atoms with van der Waals surface area (Å²) in [5.41, 5.74) is -0.946. The highest BCUT2D eigenvalue weighted by Gasteiger charge is 2.33. The molecule has 92 valence electrons. The zero-order valence-electron chi connectivity index (χ0n) is 8.40. The molecule has 8 heteroatoms. The Bertz CT molecular complexity index is 449. The van der Waals surface area contributed by atoms with Crippen molar-refractivity contribution in [2.75, 3.05) is 11.4 Å². The number of aliphatic hydroxyl groups is 1. The molecule has 0 radical (unpaired) electrons. The fraction of sp³-hybridized carbons (Fsp3) is 0.333. The normalized spacial score (nSPS) is 20.6. The van der Waals surface area contributed by atoms with Gasteiger partial charge < -0.3 is 10.4 Å². The van der Waals surface area contributed by atoms with E-state index in [1.807, 2.05) is 0 Å². The average Bonchev–Trinajstić information content (AvgIpc) is 2.57. The molecule has 0 spiro atoms. The first-order valence-corrected chi connectivity index (χ1v) is 4.66. The van der Waals surface area contributed by atoms with Gasteiger partial charge in [0.25, 0.3) is 0 Å². The third-order valence-corrected chi connectivity index (χ3v) is 2.25. The van der Waals surface area contributed by atoms with Crippen LogP contribution in [-0.2, 0) is 6.18 Å². The molecule has 2 amide bonds. The monoisotopic (exact) mass is 247 g/mol. The second kappa shape index (κ2) is 3.88. The van der Waals surface area contributed by atoms with Gasteiger partial charge in [-0.3, -0.25) is 9.88 Å². The molecule has 0 aromatic carbocycles. The first-order chi connectivity index (χ1) is 7.88. The number of rotatable bonds is 1. The van der Waals surface area contributed by atoms with E-state index in [0.717, 1.165) is 17.2 Å². The maximum Gasteiger partial charge on any atom is 0.417 e. The Morgan fingerprint density at radius 1 is 1.47 bits per heavy atom. The van der Waals surface area contributed by atoms with Gasteiger partial charge in [0, 0.05) is 6.20 Å². The van der Waals surface area contributed by atoms with Crippen molar-refractivity contribution in [1.29, 1.82) is 0 Å². The van der Waals surface area contributed by atoms with Gasteiger partial charge in [-0.05, 0) is 6.07 Å². The van der Waals surface area contributed by atoms with Crippen LogP contribution < -0.4 is 10.2 Å². The first-order valence-electron chi connectivity index (χ1n) is 4.66. The smallest absolute Gasteiger partial charge is 0.372 e. The number of pyridine rings is 1. The van der Waals surface area contributed by atoms with Gasteiger partial charge in [-0.2, -0.15) is 13.2 Å². The van der Waals surface area contributed by atoms with E-state index in [1.165, 1.54) is 0 Å². The van der Waals surface area contributed by atoms with Crippen LogP contribution in [0.3, 0.4) is 0 Å². The number of anilines is 1. The number of amides is 2. The molecule has 0 aliphatic carbocycles. The van der Waals surface area contributed by atoms with Crippen molar-refractivity contribution < 1.29 is 23.1 Å². The van der Waals surface area contributed by atoms with Crippen molar-refractivity contribution >= 4 is 11.7 Å². The number of hydrogen-bond acceptors (Lipinski definition) is 3. The van der Waals surface area contributed by atoms with E-state index < -0.39 is 24.0 Å². The van der Waals surface area contributed by atoms with Gasteiger partial charge in [-0.25, -0.2) is 4.79 Å². The van der Waals surface area contributed by atoms with Crippen molar-refractivity contribution in [3.05, 3.63) is 24.0 Å². The Kier molecular flexibility index (Phi) is 2.66. The lowest BCUT2D eigenvalue weighted by Gasteiger charge is -2.15. The molecule has 1 aliphatic heterocycles. The lowest BCUT2D eigenvalue weighted by atomic mass is 10.2. The quantitative estimate of drug-likeness (QED) is 0.776. The van der Waals surface area contributed by atoms with Crippen molar-refractivity contribution in [3.8, 4) is 0 Å². The van der Waals surface area contributed by atoms with Crippen LogP contribution in [0.25, 0.3) is 0 Å². The molecule has 1 aliphatic rings. The summed E-state index contributed by atoms with van der Waals surface area (Å²) in [5.74, 6) is 0. The largest absolute Gasteiger partial charge is 0.417 e. The summed E-state index contributed by atoms with van der Waals surface area (Å²) in [6, 6.07) is 0.156. The summed E-state index contributed by atoms with van der Waals surface area (Å²) in [4.78, 5) is 15.7. The minimum Gasteiger partial charge on any atom is -0.372 e. The second-order valence-corrected chi connectivity index (χ2v) is 3.51. The Hall–Kier alpha value is -1.83. The van der Waals surface area contributed by atoms with Gasteiger partial charge in [-0.15, -0.1) is 0 Å². The zero-order valence-corrected chi connectivity index (χ0v) is 8.40. The SMILES string of the molecule is O=C1NC(O)CN1c1cncc(C(F)(F)F)c1. The fourth-order valence-corrected chi connectivity index (χ4v) is 1.48. The van der Waals surface area contributed by atoms with Crippen molar-refractivity contribution in [2.24, 2.45) is 0 Å². The summed E-state index contributed by atoms with van der Waals surface area (Å²) in [5, 5.41) is 11.3. The summed E-state index contributed by atoms with van der Waals surface area (Å²) in [7, 11) is 0. The lowest BCUT2D eigenvalue weighted by Crippen LogP contribution is -2.28. The average molecular weight is 247 g/mol. The van der Waals surface area contributed by atoms with Crippen LogP contribution in [0.4, 0.5) is 23.7 Å².